The van der Waals surface area contributed by atoms with Gasteiger partial charge in [0.2, 0.25) is 0 Å². The van der Waals surface area contributed by atoms with E-state index in [1.807, 2.05) is 32.9 Å². The van der Waals surface area contributed by atoms with Crippen LogP contribution in [0.4, 0.5) is 0 Å². The van der Waals surface area contributed by atoms with Crippen molar-refractivity contribution in [3.8, 4) is 17.4 Å². The van der Waals surface area contributed by atoms with Crippen molar-refractivity contribution >= 4 is 11.6 Å². The van der Waals surface area contributed by atoms with Crippen molar-refractivity contribution in [3.63, 3.8) is 0 Å². The highest BCUT2D eigenvalue weighted by Gasteiger charge is 2.18. The van der Waals surface area contributed by atoms with Crippen LogP contribution in [0.3, 0.4) is 0 Å². The number of benzene rings is 1. The summed E-state index contributed by atoms with van der Waals surface area (Å²) in [5.41, 5.74) is 4.05. The summed E-state index contributed by atoms with van der Waals surface area (Å²) in [6.45, 7) is 10.4. The van der Waals surface area contributed by atoms with E-state index < -0.39 is 0 Å². The minimum atomic E-state index is 0.525. The number of aryl methyl sites for hydroxylation is 3. The van der Waals surface area contributed by atoms with E-state index in [0.717, 1.165) is 53.1 Å². The monoisotopic (exact) mass is 361 g/mol. The van der Waals surface area contributed by atoms with Crippen LogP contribution in [0.15, 0.2) is 18.2 Å². The maximum absolute atomic E-state index is 6.19. The predicted molar refractivity (Wildman–Crippen MR) is 104 cm³/mol. The van der Waals surface area contributed by atoms with Gasteiger partial charge in [0.15, 0.2) is 5.75 Å². The number of hydrogen-bond acceptors (Lipinski definition) is 3. The molecule has 136 valence electrons. The number of rotatable bonds is 7. The molecule has 1 aromatic heterocycles. The summed E-state index contributed by atoms with van der Waals surface area (Å²) in [6, 6.07) is 5.90. The maximum Gasteiger partial charge on any atom is 0.263 e. The number of ether oxygens (including phenoxy) is 2. The molecule has 0 bridgehead atoms. The largest absolute Gasteiger partial charge is 0.491 e. The van der Waals surface area contributed by atoms with Crippen molar-refractivity contribution in [2.24, 2.45) is 5.92 Å². The second-order valence-corrected chi connectivity index (χ2v) is 7.06. The van der Waals surface area contributed by atoms with Gasteiger partial charge >= 0.3 is 0 Å². The minimum absolute atomic E-state index is 0.525. The Kier molecular flexibility index (Phi) is 6.71. The van der Waals surface area contributed by atoms with Crippen molar-refractivity contribution in [1.82, 2.24) is 4.98 Å². The summed E-state index contributed by atoms with van der Waals surface area (Å²) in [5.74, 6) is 2.67. The second-order valence-electron chi connectivity index (χ2n) is 6.62. The van der Waals surface area contributed by atoms with Crippen molar-refractivity contribution < 1.29 is 9.47 Å². The number of pyridine rings is 1. The zero-order chi connectivity index (χ0) is 18.6. The Labute approximate surface area is 156 Å². The van der Waals surface area contributed by atoms with E-state index in [4.69, 9.17) is 21.1 Å². The Hall–Kier alpha value is -1.74. The zero-order valence-corrected chi connectivity index (χ0v) is 16.8. The van der Waals surface area contributed by atoms with Crippen LogP contribution in [0.5, 0.6) is 17.4 Å². The van der Waals surface area contributed by atoms with Gasteiger partial charge in [-0.2, -0.15) is 0 Å². The van der Waals surface area contributed by atoms with Crippen LogP contribution in [0.25, 0.3) is 0 Å². The van der Waals surface area contributed by atoms with Gasteiger partial charge in [0.25, 0.3) is 5.88 Å². The third-order valence-electron chi connectivity index (χ3n) is 4.64. The van der Waals surface area contributed by atoms with Gasteiger partial charge in [-0.15, -0.1) is 0 Å². The number of nitrogens with zero attached hydrogens (tertiary/aromatic N) is 1. The van der Waals surface area contributed by atoms with E-state index in [1.54, 1.807) is 7.11 Å². The average Bonchev–Trinajstić information content (AvgIpc) is 2.55. The summed E-state index contributed by atoms with van der Waals surface area (Å²) in [4.78, 5) is 4.58. The third kappa shape index (κ3) is 4.66. The quantitative estimate of drug-likeness (QED) is 0.568. The Bertz CT molecular complexity index is 716. The summed E-state index contributed by atoms with van der Waals surface area (Å²) in [5, 5.41) is 0.709. The third-order valence-corrected chi connectivity index (χ3v) is 4.86. The molecule has 3 nitrogen and oxygen atoms in total. The Morgan fingerprint density at radius 1 is 1.00 bits per heavy atom. The minimum Gasteiger partial charge on any atom is -0.491 e. The van der Waals surface area contributed by atoms with Crippen molar-refractivity contribution in [2.75, 3.05) is 7.11 Å². The van der Waals surface area contributed by atoms with E-state index >= 15 is 0 Å². The lowest BCUT2D eigenvalue weighted by molar-refractivity contribution is 0.358. The summed E-state index contributed by atoms with van der Waals surface area (Å²) in [6.07, 6.45) is 3.26. The Balaban J connectivity index is 2.46. The molecule has 0 saturated heterocycles. The predicted octanol–water partition coefficient (Wildman–Crippen LogP) is 6.44. The van der Waals surface area contributed by atoms with E-state index in [2.05, 4.69) is 24.9 Å². The normalized spacial score (nSPS) is 11.0. The molecular weight excluding hydrogens is 334 g/mol. The van der Waals surface area contributed by atoms with Gasteiger partial charge in [-0.05, 0) is 62.4 Å². The van der Waals surface area contributed by atoms with E-state index in [0.29, 0.717) is 16.8 Å². The van der Waals surface area contributed by atoms with Crippen LogP contribution in [-0.2, 0) is 6.42 Å². The number of methoxy groups -OCH3 is 1. The smallest absolute Gasteiger partial charge is 0.263 e. The first kappa shape index (κ1) is 19.6. The van der Waals surface area contributed by atoms with E-state index in [1.165, 1.54) is 0 Å². The molecule has 4 heteroatoms. The Morgan fingerprint density at radius 3 is 2.12 bits per heavy atom. The molecule has 0 unspecified atom stereocenters. The fourth-order valence-corrected chi connectivity index (χ4v) is 3.51. The van der Waals surface area contributed by atoms with Gasteiger partial charge in [0.05, 0.1) is 7.11 Å². The van der Waals surface area contributed by atoms with Gasteiger partial charge in [-0.1, -0.05) is 38.3 Å². The van der Waals surface area contributed by atoms with Gasteiger partial charge in [0, 0.05) is 16.3 Å². The molecule has 0 aliphatic rings. The fourth-order valence-electron chi connectivity index (χ4n) is 3.18. The lowest BCUT2D eigenvalue weighted by Crippen LogP contribution is -2.06. The molecule has 0 radical (unpaired) electrons. The van der Waals surface area contributed by atoms with Crippen molar-refractivity contribution in [2.45, 2.75) is 53.9 Å². The van der Waals surface area contributed by atoms with Crippen molar-refractivity contribution in [1.29, 1.82) is 0 Å². The molecule has 0 aliphatic heterocycles. The van der Waals surface area contributed by atoms with Crippen LogP contribution in [-0.4, -0.2) is 12.1 Å². The molecule has 0 N–H and O–H groups in total. The summed E-state index contributed by atoms with van der Waals surface area (Å²) in [7, 11) is 1.68. The fraction of sp³-hybridized carbons (Fsp3) is 0.476. The molecule has 0 spiro atoms. The van der Waals surface area contributed by atoms with Crippen LogP contribution in [0.2, 0.25) is 5.02 Å². The lowest BCUT2D eigenvalue weighted by Gasteiger charge is -2.19. The van der Waals surface area contributed by atoms with Crippen LogP contribution >= 0.6 is 11.6 Å². The first-order chi connectivity index (χ1) is 11.9. The second kappa shape index (κ2) is 8.57. The first-order valence-corrected chi connectivity index (χ1v) is 9.26. The molecule has 0 fully saturated rings. The Morgan fingerprint density at radius 2 is 1.60 bits per heavy atom. The van der Waals surface area contributed by atoms with Crippen LogP contribution in [0.1, 0.15) is 49.1 Å². The highest BCUT2D eigenvalue weighted by molar-refractivity contribution is 6.30. The molecule has 0 saturated carbocycles. The van der Waals surface area contributed by atoms with Gasteiger partial charge < -0.3 is 9.47 Å². The maximum atomic E-state index is 6.19. The molecule has 0 aliphatic carbocycles. The van der Waals surface area contributed by atoms with Gasteiger partial charge in [0.1, 0.15) is 5.75 Å². The van der Waals surface area contributed by atoms with E-state index in [9.17, 15) is 0 Å². The van der Waals surface area contributed by atoms with Crippen LogP contribution in [0, 0.1) is 26.7 Å². The SMILES string of the molecule is CCC(CC)Cc1cc(C)nc(Oc2c(C)cc(Cl)cc2C)c1OC. The zero-order valence-electron chi connectivity index (χ0n) is 16.1. The molecule has 0 amide bonds. The van der Waals surface area contributed by atoms with Gasteiger partial charge in [-0.25, -0.2) is 4.98 Å². The number of hydrogen-bond donors (Lipinski definition) is 0. The number of halogens is 1. The average molecular weight is 362 g/mol. The lowest BCUT2D eigenvalue weighted by atomic mass is 9.94. The van der Waals surface area contributed by atoms with Crippen molar-refractivity contribution in [3.05, 3.63) is 45.6 Å². The molecule has 2 aromatic rings. The topological polar surface area (TPSA) is 31.4 Å². The highest BCUT2D eigenvalue weighted by atomic mass is 35.5. The van der Waals surface area contributed by atoms with Gasteiger partial charge in [-0.3, -0.25) is 0 Å². The summed E-state index contributed by atoms with van der Waals surface area (Å²) >= 11 is 6.13. The highest BCUT2D eigenvalue weighted by Crippen LogP contribution is 2.38. The summed E-state index contributed by atoms with van der Waals surface area (Å²) < 4.78 is 11.9. The van der Waals surface area contributed by atoms with E-state index in [-0.39, 0.29) is 0 Å². The van der Waals surface area contributed by atoms with Crippen LogP contribution < -0.4 is 9.47 Å². The molecular formula is C21H28ClNO2. The molecule has 0 atom stereocenters. The molecule has 1 heterocycles. The molecule has 25 heavy (non-hydrogen) atoms. The molecule has 2 rings (SSSR count). The standard InChI is InChI=1S/C21H28ClNO2/c1-7-16(8-2)12-17-11-15(5)23-21(20(17)24-6)25-19-13(3)9-18(22)10-14(19)4/h9-11,16H,7-8,12H2,1-6H3. The first-order valence-electron chi connectivity index (χ1n) is 8.88. The number of aromatic nitrogens is 1. The molecule has 1 aromatic carbocycles.